The van der Waals surface area contributed by atoms with Gasteiger partial charge in [-0.3, -0.25) is 19.2 Å². The molecule has 4 bridgehead atoms. The van der Waals surface area contributed by atoms with Gasteiger partial charge < -0.3 is 5.11 Å². The Morgan fingerprint density at radius 2 is 0.970 bits per heavy atom. The van der Waals surface area contributed by atoms with Crippen LogP contribution in [-0.2, 0) is 19.2 Å². The SMILES string of the molecule is O=C(O)c1cc(N2C(=O)[C@@H]3[C@H](C2=O)[C@@H]2C=C[C@H]3C2)cc(N2C(=O)[C@@H]3[C@H](C2=O)[C@H]2C=C[C@H]3C2)c1. The van der Waals surface area contributed by atoms with Gasteiger partial charge in [0.25, 0.3) is 0 Å². The second kappa shape index (κ2) is 6.07. The topological polar surface area (TPSA) is 112 Å². The average molecular weight is 444 g/mol. The van der Waals surface area contributed by atoms with Crippen molar-refractivity contribution in [2.45, 2.75) is 12.8 Å². The Morgan fingerprint density at radius 3 is 1.27 bits per heavy atom. The van der Waals surface area contributed by atoms with Gasteiger partial charge in [0.1, 0.15) is 0 Å². The molecule has 0 spiro atoms. The molecule has 1 aromatic rings. The molecule has 33 heavy (non-hydrogen) atoms. The van der Waals surface area contributed by atoms with Gasteiger partial charge in [-0.15, -0.1) is 0 Å². The monoisotopic (exact) mass is 444 g/mol. The van der Waals surface area contributed by atoms with Gasteiger partial charge in [0.05, 0.1) is 40.6 Å². The van der Waals surface area contributed by atoms with Crippen molar-refractivity contribution >= 4 is 41.0 Å². The Bertz CT molecular complexity index is 1120. The highest BCUT2D eigenvalue weighted by molar-refractivity contribution is 6.25. The lowest BCUT2D eigenvalue weighted by Crippen LogP contribution is -2.35. The van der Waals surface area contributed by atoms with Crippen LogP contribution in [0.25, 0.3) is 0 Å². The van der Waals surface area contributed by atoms with Gasteiger partial charge >= 0.3 is 5.97 Å². The minimum Gasteiger partial charge on any atom is -0.478 e. The molecular weight excluding hydrogens is 424 g/mol. The third-order valence-electron chi connectivity index (χ3n) is 8.61. The molecule has 7 rings (SSSR count). The lowest BCUT2D eigenvalue weighted by atomic mass is 9.85. The van der Waals surface area contributed by atoms with E-state index in [-0.39, 0.29) is 64.2 Å². The summed E-state index contributed by atoms with van der Waals surface area (Å²) in [7, 11) is 0. The zero-order chi connectivity index (χ0) is 22.8. The smallest absolute Gasteiger partial charge is 0.335 e. The number of rotatable bonds is 3. The lowest BCUT2D eigenvalue weighted by Gasteiger charge is -2.22. The van der Waals surface area contributed by atoms with E-state index in [9.17, 15) is 29.1 Å². The van der Waals surface area contributed by atoms with Crippen molar-refractivity contribution in [2.75, 3.05) is 9.80 Å². The molecule has 8 atom stereocenters. The Kier molecular flexibility index (Phi) is 3.49. The van der Waals surface area contributed by atoms with Gasteiger partial charge in [0.2, 0.25) is 23.6 Å². The maximum absolute atomic E-state index is 13.3. The van der Waals surface area contributed by atoms with Crippen LogP contribution in [0.3, 0.4) is 0 Å². The Hall–Kier alpha value is -3.55. The Labute approximate surface area is 188 Å². The molecule has 0 unspecified atom stereocenters. The average Bonchev–Trinajstić information content (AvgIpc) is 3.61. The van der Waals surface area contributed by atoms with Gasteiger partial charge in [-0.25, -0.2) is 14.6 Å². The summed E-state index contributed by atoms with van der Waals surface area (Å²) >= 11 is 0. The number of carboxylic acids is 1. The molecule has 0 aromatic heterocycles. The third kappa shape index (κ3) is 2.23. The summed E-state index contributed by atoms with van der Waals surface area (Å²) in [6, 6.07) is 3.98. The molecule has 4 aliphatic carbocycles. The summed E-state index contributed by atoms with van der Waals surface area (Å²) in [5.41, 5.74) is 0.0277. The number of hydrogen-bond acceptors (Lipinski definition) is 5. The highest BCUT2D eigenvalue weighted by Gasteiger charge is 2.61. The largest absolute Gasteiger partial charge is 0.478 e. The lowest BCUT2D eigenvalue weighted by molar-refractivity contribution is -0.124. The summed E-state index contributed by atoms with van der Waals surface area (Å²) in [5, 5.41) is 9.70. The number of anilines is 2. The van der Waals surface area contributed by atoms with E-state index in [0.29, 0.717) is 0 Å². The minimum atomic E-state index is -1.26. The first-order chi connectivity index (χ1) is 15.8. The molecule has 4 amide bonds. The number of hydrogen-bond donors (Lipinski definition) is 1. The first kappa shape index (κ1) is 19.0. The van der Waals surface area contributed by atoms with Gasteiger partial charge in [-0.2, -0.15) is 0 Å². The maximum atomic E-state index is 13.3. The van der Waals surface area contributed by atoms with E-state index in [4.69, 9.17) is 0 Å². The highest BCUT2D eigenvalue weighted by atomic mass is 16.4. The summed E-state index contributed by atoms with van der Waals surface area (Å²) < 4.78 is 0. The van der Waals surface area contributed by atoms with Crippen LogP contribution in [0.5, 0.6) is 0 Å². The number of aromatic carboxylic acids is 1. The van der Waals surface area contributed by atoms with Crippen LogP contribution in [-0.4, -0.2) is 34.7 Å². The van der Waals surface area contributed by atoms with Gasteiger partial charge in [-0.1, -0.05) is 24.3 Å². The molecule has 2 aliphatic heterocycles. The van der Waals surface area contributed by atoms with E-state index >= 15 is 0 Å². The summed E-state index contributed by atoms with van der Waals surface area (Å²) in [6.45, 7) is 0. The molecule has 0 radical (unpaired) electrons. The zero-order valence-electron chi connectivity index (χ0n) is 17.5. The second-order valence-corrected chi connectivity index (χ2v) is 10.1. The van der Waals surface area contributed by atoms with E-state index in [1.165, 1.54) is 18.2 Å². The quantitative estimate of drug-likeness (QED) is 0.564. The number of nitrogens with zero attached hydrogens (tertiary/aromatic N) is 2. The number of benzene rings is 1. The van der Waals surface area contributed by atoms with Crippen molar-refractivity contribution in [3.05, 3.63) is 48.1 Å². The number of carboxylic acid groups (broad SMARTS) is 1. The van der Waals surface area contributed by atoms with E-state index < -0.39 is 29.6 Å². The van der Waals surface area contributed by atoms with Crippen LogP contribution in [0.4, 0.5) is 11.4 Å². The Balaban J connectivity index is 1.30. The number of amides is 4. The van der Waals surface area contributed by atoms with Crippen LogP contribution in [0.2, 0.25) is 0 Å². The molecule has 1 N–H and O–H groups in total. The Morgan fingerprint density at radius 1 is 0.636 bits per heavy atom. The van der Waals surface area contributed by atoms with Gasteiger partial charge in [0.15, 0.2) is 0 Å². The summed E-state index contributed by atoms with van der Waals surface area (Å²) in [6.07, 6.45) is 9.53. The normalized spacial score (nSPS) is 39.4. The fourth-order valence-corrected chi connectivity index (χ4v) is 7.29. The summed E-state index contributed by atoms with van der Waals surface area (Å²) in [4.78, 5) is 67.0. The molecule has 2 saturated heterocycles. The third-order valence-corrected chi connectivity index (χ3v) is 8.61. The van der Waals surface area contributed by atoms with Crippen molar-refractivity contribution in [2.24, 2.45) is 47.3 Å². The molecule has 8 heteroatoms. The van der Waals surface area contributed by atoms with E-state index in [0.717, 1.165) is 22.6 Å². The van der Waals surface area contributed by atoms with Crippen LogP contribution in [0.15, 0.2) is 42.5 Å². The molecule has 2 heterocycles. The standard InChI is InChI=1S/C25H20N2O6/c28-21-17-10-1-2-11(5-10)18(17)22(29)26(21)15-7-14(25(32)33)8-16(9-15)27-23(30)19-12-3-4-13(6-12)20(19)24(27)31/h1-4,7-13,17-20H,5-6H2,(H,32,33)/t10-,11-,12-,13+,17-,18+,19-,20+/m0/s1. The molecule has 166 valence electrons. The van der Waals surface area contributed by atoms with Gasteiger partial charge in [-0.05, 0) is 54.7 Å². The van der Waals surface area contributed by atoms with Crippen molar-refractivity contribution in [3.63, 3.8) is 0 Å². The zero-order valence-corrected chi connectivity index (χ0v) is 17.5. The first-order valence-corrected chi connectivity index (χ1v) is 11.4. The van der Waals surface area contributed by atoms with Crippen LogP contribution in [0.1, 0.15) is 23.2 Å². The number of fused-ring (bicyclic) bond motifs is 10. The van der Waals surface area contributed by atoms with Crippen LogP contribution >= 0.6 is 0 Å². The number of carbonyl (C=O) groups excluding carboxylic acids is 4. The molecule has 4 fully saturated rings. The number of allylic oxidation sites excluding steroid dienone is 4. The van der Waals surface area contributed by atoms with Crippen molar-refractivity contribution in [1.82, 2.24) is 0 Å². The molecule has 8 nitrogen and oxygen atoms in total. The highest BCUT2D eigenvalue weighted by Crippen LogP contribution is 2.55. The van der Waals surface area contributed by atoms with Crippen molar-refractivity contribution in [3.8, 4) is 0 Å². The van der Waals surface area contributed by atoms with Crippen LogP contribution in [0, 0.1) is 47.3 Å². The minimum absolute atomic E-state index is 0.0210. The van der Waals surface area contributed by atoms with E-state index in [1.807, 2.05) is 24.3 Å². The van der Waals surface area contributed by atoms with Crippen molar-refractivity contribution in [1.29, 1.82) is 0 Å². The first-order valence-electron chi connectivity index (χ1n) is 11.4. The molecular formula is C25H20N2O6. The fourth-order valence-electron chi connectivity index (χ4n) is 7.29. The van der Waals surface area contributed by atoms with E-state index in [1.54, 1.807) is 0 Å². The number of imide groups is 2. The fraction of sp³-hybridized carbons (Fsp3) is 0.400. The van der Waals surface area contributed by atoms with Crippen molar-refractivity contribution < 1.29 is 29.1 Å². The van der Waals surface area contributed by atoms with Gasteiger partial charge in [0, 0.05) is 0 Å². The second-order valence-electron chi connectivity index (χ2n) is 10.1. The summed E-state index contributed by atoms with van der Waals surface area (Å²) in [5.74, 6) is -4.26. The predicted molar refractivity (Wildman–Crippen MR) is 114 cm³/mol. The molecule has 2 saturated carbocycles. The predicted octanol–water partition coefficient (Wildman–Crippen LogP) is 2.01. The maximum Gasteiger partial charge on any atom is 0.335 e. The van der Waals surface area contributed by atoms with Crippen LogP contribution < -0.4 is 9.80 Å². The molecule has 6 aliphatic rings. The molecule has 1 aromatic carbocycles. The van der Waals surface area contributed by atoms with E-state index in [2.05, 4.69) is 0 Å². The number of carbonyl (C=O) groups is 5.